The molecule has 0 saturated carbocycles. The summed E-state index contributed by atoms with van der Waals surface area (Å²) < 4.78 is 2.47. The lowest BCUT2D eigenvalue weighted by atomic mass is 10.2. The fourth-order valence-corrected chi connectivity index (χ4v) is 1.81. The summed E-state index contributed by atoms with van der Waals surface area (Å²) in [5, 5.41) is 0. The third-order valence-electron chi connectivity index (χ3n) is 2.28. The minimum Gasteiger partial charge on any atom is -0.366 e. The Bertz CT molecular complexity index is 580. The number of rotatable bonds is 2. The first kappa shape index (κ1) is 10.6. The zero-order chi connectivity index (χ0) is 11.7. The largest absolute Gasteiger partial charge is 0.366 e. The van der Waals surface area contributed by atoms with Crippen LogP contribution >= 0.6 is 12.2 Å². The maximum atomic E-state index is 10.9. The van der Waals surface area contributed by atoms with Crippen LogP contribution in [0.3, 0.4) is 0 Å². The maximum absolute atomic E-state index is 10.9. The molecule has 0 aliphatic rings. The molecule has 0 aliphatic heterocycles. The van der Waals surface area contributed by atoms with Gasteiger partial charge in [-0.15, -0.1) is 0 Å². The summed E-state index contributed by atoms with van der Waals surface area (Å²) >= 11 is 5.16. The van der Waals surface area contributed by atoms with Crippen LogP contribution in [-0.4, -0.2) is 15.5 Å². The van der Waals surface area contributed by atoms with Crippen molar-refractivity contribution in [3.8, 4) is 5.69 Å². The molecular weight excluding hydrogens is 222 g/mol. The number of benzene rings is 1. The predicted octanol–water partition coefficient (Wildman–Crippen LogP) is 1.94. The molecule has 2 aromatic rings. The van der Waals surface area contributed by atoms with Gasteiger partial charge in [-0.2, -0.15) is 0 Å². The van der Waals surface area contributed by atoms with Gasteiger partial charge in [0.1, 0.15) is 0 Å². The highest BCUT2D eigenvalue weighted by Crippen LogP contribution is 2.11. The average molecular weight is 233 g/mol. The molecule has 3 N–H and O–H groups in total. The fraction of sp³-hybridized carbons (Fsp3) is 0.0909. The average Bonchev–Trinajstić information content (AvgIpc) is 2.58. The Labute approximate surface area is 97.7 Å². The van der Waals surface area contributed by atoms with Gasteiger partial charge in [0.15, 0.2) is 4.77 Å². The smallest absolute Gasteiger partial charge is 0.248 e. The molecule has 1 heterocycles. The van der Waals surface area contributed by atoms with E-state index in [2.05, 4.69) is 4.98 Å². The Hall–Kier alpha value is -1.88. The molecule has 1 aromatic heterocycles. The summed E-state index contributed by atoms with van der Waals surface area (Å²) in [5.74, 6) is -0.430. The fourth-order valence-electron chi connectivity index (χ4n) is 1.49. The highest BCUT2D eigenvalue weighted by atomic mass is 32.1. The van der Waals surface area contributed by atoms with Crippen LogP contribution in [0.1, 0.15) is 16.1 Å². The van der Waals surface area contributed by atoms with E-state index in [1.807, 2.05) is 29.8 Å². The normalized spacial score (nSPS) is 10.3. The monoisotopic (exact) mass is 233 g/mol. The topological polar surface area (TPSA) is 63.8 Å². The molecule has 4 nitrogen and oxygen atoms in total. The summed E-state index contributed by atoms with van der Waals surface area (Å²) in [6.45, 7) is 1.93. The number of primary amides is 1. The number of nitrogens with two attached hydrogens (primary N) is 1. The van der Waals surface area contributed by atoms with E-state index in [0.29, 0.717) is 10.3 Å². The number of imidazole rings is 1. The highest BCUT2D eigenvalue weighted by Gasteiger charge is 2.02. The lowest BCUT2D eigenvalue weighted by Gasteiger charge is -2.02. The zero-order valence-corrected chi connectivity index (χ0v) is 9.54. The van der Waals surface area contributed by atoms with Gasteiger partial charge in [-0.05, 0) is 43.4 Å². The summed E-state index contributed by atoms with van der Waals surface area (Å²) in [5.41, 5.74) is 7.54. The maximum Gasteiger partial charge on any atom is 0.248 e. The third kappa shape index (κ3) is 1.90. The van der Waals surface area contributed by atoms with Crippen LogP contribution in [0.5, 0.6) is 0 Å². The Kier molecular flexibility index (Phi) is 2.62. The van der Waals surface area contributed by atoms with E-state index in [1.54, 1.807) is 12.1 Å². The number of nitrogens with one attached hydrogen (secondary N) is 1. The molecule has 0 fully saturated rings. The van der Waals surface area contributed by atoms with Gasteiger partial charge < -0.3 is 10.7 Å². The lowest BCUT2D eigenvalue weighted by Crippen LogP contribution is -2.10. The Morgan fingerprint density at radius 2 is 2.00 bits per heavy atom. The lowest BCUT2D eigenvalue weighted by molar-refractivity contribution is 0.100. The second-order valence-corrected chi connectivity index (χ2v) is 3.91. The van der Waals surface area contributed by atoms with Crippen molar-refractivity contribution in [3.05, 3.63) is 46.5 Å². The Balaban J connectivity index is 2.46. The molecule has 2 rings (SSSR count). The van der Waals surface area contributed by atoms with Crippen molar-refractivity contribution in [3.63, 3.8) is 0 Å². The molecule has 0 spiro atoms. The quantitative estimate of drug-likeness (QED) is 0.779. The minimum absolute atomic E-state index is 0.430. The number of nitrogens with zero attached hydrogens (tertiary/aromatic N) is 1. The molecule has 5 heteroatoms. The van der Waals surface area contributed by atoms with Crippen molar-refractivity contribution in [1.82, 2.24) is 9.55 Å². The van der Waals surface area contributed by atoms with E-state index in [1.165, 1.54) is 0 Å². The first-order chi connectivity index (χ1) is 7.58. The summed E-state index contributed by atoms with van der Waals surface area (Å²) in [7, 11) is 0. The van der Waals surface area contributed by atoms with Gasteiger partial charge in [-0.1, -0.05) is 0 Å². The van der Waals surface area contributed by atoms with E-state index in [4.69, 9.17) is 18.0 Å². The van der Waals surface area contributed by atoms with Crippen LogP contribution < -0.4 is 5.73 Å². The van der Waals surface area contributed by atoms with Gasteiger partial charge in [0, 0.05) is 23.1 Å². The van der Waals surface area contributed by atoms with Gasteiger partial charge in [0.2, 0.25) is 5.91 Å². The molecule has 0 unspecified atom stereocenters. The number of H-pyrrole nitrogens is 1. The van der Waals surface area contributed by atoms with Crippen LogP contribution in [0, 0.1) is 11.7 Å². The highest BCUT2D eigenvalue weighted by molar-refractivity contribution is 7.71. The van der Waals surface area contributed by atoms with Gasteiger partial charge in [0.25, 0.3) is 0 Å². The number of aryl methyl sites for hydroxylation is 1. The zero-order valence-electron chi connectivity index (χ0n) is 8.73. The van der Waals surface area contributed by atoms with Crippen molar-refractivity contribution >= 4 is 18.1 Å². The van der Waals surface area contributed by atoms with Crippen molar-refractivity contribution < 1.29 is 4.79 Å². The number of aromatic amines is 1. The third-order valence-corrected chi connectivity index (χ3v) is 2.57. The van der Waals surface area contributed by atoms with Crippen molar-refractivity contribution in [2.24, 2.45) is 5.73 Å². The molecular formula is C11H11N3OS. The molecule has 0 saturated heterocycles. The number of hydrogen-bond acceptors (Lipinski definition) is 2. The van der Waals surface area contributed by atoms with Gasteiger partial charge >= 0.3 is 0 Å². The van der Waals surface area contributed by atoms with Crippen molar-refractivity contribution in [2.45, 2.75) is 6.92 Å². The Morgan fingerprint density at radius 1 is 1.38 bits per heavy atom. The molecule has 1 amide bonds. The molecule has 16 heavy (non-hydrogen) atoms. The molecule has 1 aromatic carbocycles. The Morgan fingerprint density at radius 3 is 2.44 bits per heavy atom. The standard InChI is InChI=1S/C11H11N3OS/c1-7-6-14(11(16)13-7)9-4-2-8(3-5-9)10(12)15/h2-6H,1H3,(H2,12,15)(H,13,16). The first-order valence-electron chi connectivity index (χ1n) is 4.76. The van der Waals surface area contributed by atoms with Crippen molar-refractivity contribution in [2.75, 3.05) is 0 Å². The van der Waals surface area contributed by atoms with E-state index in [9.17, 15) is 4.79 Å². The van der Waals surface area contributed by atoms with E-state index < -0.39 is 5.91 Å². The van der Waals surface area contributed by atoms with E-state index >= 15 is 0 Å². The minimum atomic E-state index is -0.430. The van der Waals surface area contributed by atoms with Gasteiger partial charge in [-0.3, -0.25) is 9.36 Å². The number of hydrogen-bond donors (Lipinski definition) is 2. The number of carbonyl (C=O) groups excluding carboxylic acids is 1. The van der Waals surface area contributed by atoms with Gasteiger partial charge in [-0.25, -0.2) is 0 Å². The second kappa shape index (κ2) is 3.94. The van der Waals surface area contributed by atoms with Crippen LogP contribution in [0.25, 0.3) is 5.69 Å². The van der Waals surface area contributed by atoms with E-state index in [-0.39, 0.29) is 0 Å². The first-order valence-corrected chi connectivity index (χ1v) is 5.17. The molecule has 82 valence electrons. The molecule has 0 radical (unpaired) electrons. The van der Waals surface area contributed by atoms with Crippen LogP contribution in [0.4, 0.5) is 0 Å². The molecule has 0 atom stereocenters. The van der Waals surface area contributed by atoms with Crippen LogP contribution in [0.2, 0.25) is 0 Å². The SMILES string of the molecule is Cc1cn(-c2ccc(C(N)=O)cc2)c(=S)[nH]1. The number of amides is 1. The number of aromatic nitrogens is 2. The predicted molar refractivity (Wildman–Crippen MR) is 64.2 cm³/mol. The molecule has 0 aliphatic carbocycles. The number of carbonyl (C=O) groups is 1. The summed E-state index contributed by atoms with van der Waals surface area (Å²) in [4.78, 5) is 13.9. The summed E-state index contributed by atoms with van der Waals surface area (Å²) in [6.07, 6.45) is 1.90. The van der Waals surface area contributed by atoms with E-state index in [0.717, 1.165) is 11.4 Å². The summed E-state index contributed by atoms with van der Waals surface area (Å²) in [6, 6.07) is 6.98. The van der Waals surface area contributed by atoms with Crippen LogP contribution in [0.15, 0.2) is 30.5 Å². The van der Waals surface area contributed by atoms with Crippen LogP contribution in [-0.2, 0) is 0 Å². The second-order valence-electron chi connectivity index (χ2n) is 3.52. The molecule has 0 bridgehead atoms. The van der Waals surface area contributed by atoms with Gasteiger partial charge in [0.05, 0.1) is 0 Å². The van der Waals surface area contributed by atoms with Crippen molar-refractivity contribution in [1.29, 1.82) is 0 Å².